The number of nitrogens with one attached hydrogen (secondary N) is 1. The van der Waals surface area contributed by atoms with E-state index in [1.54, 1.807) is 19.9 Å². The second kappa shape index (κ2) is 11.9. The van der Waals surface area contributed by atoms with E-state index < -0.39 is 5.82 Å². The quantitative estimate of drug-likeness (QED) is 0.704. The minimum absolute atomic E-state index is 0.0362. The van der Waals surface area contributed by atoms with Crippen LogP contribution in [0.1, 0.15) is 70.2 Å². The van der Waals surface area contributed by atoms with Gasteiger partial charge in [-0.15, -0.1) is 0 Å². The van der Waals surface area contributed by atoms with Crippen LogP contribution in [-0.2, 0) is 0 Å². The van der Waals surface area contributed by atoms with Crippen molar-refractivity contribution in [2.24, 2.45) is 0 Å². The van der Waals surface area contributed by atoms with Crippen LogP contribution in [-0.4, -0.2) is 28.1 Å². The first-order valence-electron chi connectivity index (χ1n) is 9.60. The first kappa shape index (κ1) is 23.3. The van der Waals surface area contributed by atoms with Crippen LogP contribution in [0.25, 0.3) is 10.9 Å². The van der Waals surface area contributed by atoms with Crippen molar-refractivity contribution in [3.8, 4) is 0 Å². The molecule has 4 nitrogen and oxygen atoms in total. The van der Waals surface area contributed by atoms with E-state index in [1.165, 1.54) is 24.8 Å². The number of aliphatic hydroxyl groups is 1. The Kier molecular flexibility index (Phi) is 10.3. The molecular weight excluding hydrogens is 367 g/mol. The maximum atomic E-state index is 13.4. The number of amides is 1. The number of benzene rings is 1. The summed E-state index contributed by atoms with van der Waals surface area (Å²) < 4.78 is 13.4. The lowest BCUT2D eigenvalue weighted by molar-refractivity contribution is 0.0927. The Balaban J connectivity index is 0.000000541. The Hall–Kier alpha value is -1.72. The van der Waals surface area contributed by atoms with Crippen molar-refractivity contribution >= 4 is 28.4 Å². The molecule has 2 N–H and O–H groups in total. The first-order valence-corrected chi connectivity index (χ1v) is 9.98. The topological polar surface area (TPSA) is 62.2 Å². The molecule has 0 bridgehead atoms. The van der Waals surface area contributed by atoms with Gasteiger partial charge in [0, 0.05) is 29.8 Å². The lowest BCUT2D eigenvalue weighted by Gasteiger charge is -2.22. The molecule has 150 valence electrons. The number of aliphatic hydroxyl groups excluding tert-OH is 1. The highest BCUT2D eigenvalue weighted by Gasteiger charge is 2.17. The van der Waals surface area contributed by atoms with Crippen molar-refractivity contribution in [3.05, 3.63) is 40.8 Å². The van der Waals surface area contributed by atoms with Crippen molar-refractivity contribution in [2.45, 2.75) is 71.9 Å². The SMILES string of the molecule is CC.CC(C)O.O=C(NC1CCCCC1)c1cnc2cc(F)c(Cl)cc2c1. The number of nitrogens with zero attached hydrogens (tertiary/aromatic N) is 1. The molecule has 1 aromatic heterocycles. The normalized spacial score (nSPS) is 14.1. The molecule has 1 aromatic carbocycles. The Bertz CT molecular complexity index is 729. The smallest absolute Gasteiger partial charge is 0.253 e. The molecule has 0 saturated heterocycles. The van der Waals surface area contributed by atoms with Gasteiger partial charge in [0.15, 0.2) is 0 Å². The van der Waals surface area contributed by atoms with Gasteiger partial charge in [-0.2, -0.15) is 0 Å². The second-order valence-electron chi connectivity index (χ2n) is 6.59. The van der Waals surface area contributed by atoms with Gasteiger partial charge in [-0.3, -0.25) is 9.78 Å². The first-order chi connectivity index (χ1) is 12.9. The summed E-state index contributed by atoms with van der Waals surface area (Å²) in [5.74, 6) is -0.632. The Morgan fingerprint density at radius 3 is 2.41 bits per heavy atom. The van der Waals surface area contributed by atoms with Crippen LogP contribution in [0.4, 0.5) is 4.39 Å². The number of hydrogen-bond donors (Lipinski definition) is 2. The fraction of sp³-hybridized carbons (Fsp3) is 0.524. The standard InChI is InChI=1S/C16H16ClFN2O.C3H8O.C2H6/c17-13-7-10-6-11(9-19-15(10)8-14(13)18)16(21)20-12-4-2-1-3-5-12;1-3(2)4;1-2/h6-9,12H,1-5H2,(H,20,21);3-4H,1-2H3;1-2H3. The van der Waals surface area contributed by atoms with Gasteiger partial charge in [0.25, 0.3) is 5.91 Å². The lowest BCUT2D eigenvalue weighted by Crippen LogP contribution is -2.36. The van der Waals surface area contributed by atoms with Gasteiger partial charge >= 0.3 is 0 Å². The fourth-order valence-electron chi connectivity index (χ4n) is 2.76. The van der Waals surface area contributed by atoms with Gasteiger partial charge < -0.3 is 10.4 Å². The molecule has 0 unspecified atom stereocenters. The highest BCUT2D eigenvalue weighted by atomic mass is 35.5. The molecule has 1 amide bonds. The summed E-state index contributed by atoms with van der Waals surface area (Å²) in [6.07, 6.45) is 6.95. The summed E-state index contributed by atoms with van der Waals surface area (Å²) >= 11 is 5.77. The third kappa shape index (κ3) is 7.81. The zero-order valence-corrected chi connectivity index (χ0v) is 17.3. The summed E-state index contributed by atoms with van der Waals surface area (Å²) in [7, 11) is 0. The third-order valence-corrected chi connectivity index (χ3v) is 4.22. The second-order valence-corrected chi connectivity index (χ2v) is 6.99. The van der Waals surface area contributed by atoms with Crippen LogP contribution >= 0.6 is 11.6 Å². The molecule has 1 fully saturated rings. The highest BCUT2D eigenvalue weighted by Crippen LogP contribution is 2.23. The summed E-state index contributed by atoms with van der Waals surface area (Å²) in [5.41, 5.74) is 0.974. The zero-order valence-electron chi connectivity index (χ0n) is 16.6. The summed E-state index contributed by atoms with van der Waals surface area (Å²) in [5, 5.41) is 11.8. The predicted molar refractivity (Wildman–Crippen MR) is 110 cm³/mol. The van der Waals surface area contributed by atoms with Crippen LogP contribution in [0.15, 0.2) is 24.4 Å². The van der Waals surface area contributed by atoms with Crippen LogP contribution < -0.4 is 5.32 Å². The van der Waals surface area contributed by atoms with E-state index in [0.717, 1.165) is 25.7 Å². The van der Waals surface area contributed by atoms with Crippen LogP contribution in [0.2, 0.25) is 5.02 Å². The number of fused-ring (bicyclic) bond motifs is 1. The Morgan fingerprint density at radius 2 is 1.81 bits per heavy atom. The molecule has 0 atom stereocenters. The van der Waals surface area contributed by atoms with Crippen LogP contribution in [0.3, 0.4) is 0 Å². The van der Waals surface area contributed by atoms with Gasteiger partial charge in [-0.1, -0.05) is 44.7 Å². The van der Waals surface area contributed by atoms with E-state index in [1.807, 2.05) is 13.8 Å². The summed E-state index contributed by atoms with van der Waals surface area (Å²) in [6.45, 7) is 7.44. The van der Waals surface area contributed by atoms with Gasteiger partial charge in [0.1, 0.15) is 5.82 Å². The Morgan fingerprint density at radius 1 is 1.22 bits per heavy atom. The van der Waals surface area contributed by atoms with Gasteiger partial charge in [-0.25, -0.2) is 4.39 Å². The number of pyridine rings is 1. The van der Waals surface area contributed by atoms with E-state index in [0.29, 0.717) is 16.5 Å². The summed E-state index contributed by atoms with van der Waals surface area (Å²) in [4.78, 5) is 16.4. The zero-order chi connectivity index (χ0) is 20.4. The molecular formula is C21H30ClFN2O2. The van der Waals surface area contributed by atoms with Crippen molar-refractivity contribution in [3.63, 3.8) is 0 Å². The third-order valence-electron chi connectivity index (χ3n) is 3.93. The number of carbonyl (C=O) groups excluding carboxylic acids is 1. The van der Waals surface area contributed by atoms with E-state index >= 15 is 0 Å². The average Bonchev–Trinajstić information content (AvgIpc) is 2.64. The minimum Gasteiger partial charge on any atom is -0.394 e. The number of rotatable bonds is 2. The van der Waals surface area contributed by atoms with Gasteiger partial charge in [0.2, 0.25) is 0 Å². The molecule has 0 radical (unpaired) electrons. The molecule has 3 rings (SSSR count). The largest absolute Gasteiger partial charge is 0.394 e. The van der Waals surface area contributed by atoms with Crippen molar-refractivity contribution < 1.29 is 14.3 Å². The van der Waals surface area contributed by atoms with E-state index in [9.17, 15) is 9.18 Å². The molecule has 2 aromatic rings. The monoisotopic (exact) mass is 396 g/mol. The van der Waals surface area contributed by atoms with Crippen molar-refractivity contribution in [2.75, 3.05) is 0 Å². The van der Waals surface area contributed by atoms with E-state index in [-0.39, 0.29) is 23.1 Å². The maximum Gasteiger partial charge on any atom is 0.253 e. The van der Waals surface area contributed by atoms with E-state index in [4.69, 9.17) is 16.7 Å². The number of halogens is 2. The number of carbonyl (C=O) groups is 1. The number of hydrogen-bond acceptors (Lipinski definition) is 3. The molecule has 1 heterocycles. The average molecular weight is 397 g/mol. The van der Waals surface area contributed by atoms with Gasteiger partial charge in [-0.05, 0) is 38.8 Å². The molecule has 0 spiro atoms. The molecule has 6 heteroatoms. The van der Waals surface area contributed by atoms with Crippen molar-refractivity contribution in [1.82, 2.24) is 10.3 Å². The lowest BCUT2D eigenvalue weighted by atomic mass is 9.95. The maximum absolute atomic E-state index is 13.4. The molecule has 1 saturated carbocycles. The molecule has 27 heavy (non-hydrogen) atoms. The molecule has 0 aliphatic heterocycles. The van der Waals surface area contributed by atoms with Crippen molar-refractivity contribution in [1.29, 1.82) is 0 Å². The van der Waals surface area contributed by atoms with Crippen LogP contribution in [0.5, 0.6) is 0 Å². The fourth-order valence-corrected chi connectivity index (χ4v) is 2.93. The Labute approximate surface area is 166 Å². The van der Waals surface area contributed by atoms with Gasteiger partial charge in [0.05, 0.1) is 16.1 Å². The molecule has 1 aliphatic carbocycles. The molecule has 1 aliphatic rings. The highest BCUT2D eigenvalue weighted by molar-refractivity contribution is 6.31. The van der Waals surface area contributed by atoms with E-state index in [2.05, 4.69) is 10.3 Å². The predicted octanol–water partition coefficient (Wildman–Crippen LogP) is 5.50. The minimum atomic E-state index is -0.504. The summed E-state index contributed by atoms with van der Waals surface area (Å²) in [6, 6.07) is 4.72. The number of aromatic nitrogens is 1. The van der Waals surface area contributed by atoms with Crippen LogP contribution in [0, 0.1) is 5.82 Å².